The van der Waals surface area contributed by atoms with E-state index in [1.807, 2.05) is 6.92 Å². The summed E-state index contributed by atoms with van der Waals surface area (Å²) in [5.74, 6) is 1.28. The molecule has 4 heterocycles. The zero-order valence-electron chi connectivity index (χ0n) is 14.6. The Morgan fingerprint density at radius 1 is 1.36 bits per heavy atom. The predicted octanol–water partition coefficient (Wildman–Crippen LogP) is 1.68. The van der Waals surface area contributed by atoms with Gasteiger partial charge in [0.15, 0.2) is 0 Å². The van der Waals surface area contributed by atoms with Crippen LogP contribution >= 0.6 is 11.3 Å². The highest BCUT2D eigenvalue weighted by Gasteiger charge is 2.26. The first-order valence-corrected chi connectivity index (χ1v) is 9.68. The smallest absolute Gasteiger partial charge is 0.276 e. The van der Waals surface area contributed by atoms with Crippen molar-refractivity contribution in [1.82, 2.24) is 29.9 Å². The van der Waals surface area contributed by atoms with Crippen LogP contribution in [0.2, 0.25) is 0 Å². The average molecular weight is 361 g/mol. The van der Waals surface area contributed by atoms with Gasteiger partial charge in [-0.05, 0) is 41.8 Å². The molecule has 0 amide bonds. The Labute approximate surface area is 149 Å². The number of nitrogens with one attached hydrogen (secondary N) is 1. The van der Waals surface area contributed by atoms with Crippen molar-refractivity contribution in [3.8, 4) is 0 Å². The Morgan fingerprint density at radius 3 is 3.00 bits per heavy atom. The largest absolute Gasteiger partial charge is 0.394 e. The molecule has 0 unspecified atom stereocenters. The van der Waals surface area contributed by atoms with E-state index in [0.29, 0.717) is 5.78 Å². The van der Waals surface area contributed by atoms with Crippen molar-refractivity contribution in [2.24, 2.45) is 0 Å². The quantitative estimate of drug-likeness (QED) is 0.690. The Kier molecular flexibility index (Phi) is 4.53. The van der Waals surface area contributed by atoms with Gasteiger partial charge in [0, 0.05) is 18.0 Å². The summed E-state index contributed by atoms with van der Waals surface area (Å²) in [6.45, 7) is 7.51. The molecule has 0 aromatic carbocycles. The van der Waals surface area contributed by atoms with Gasteiger partial charge >= 0.3 is 0 Å². The Hall–Kier alpha value is -1.84. The van der Waals surface area contributed by atoms with Crippen LogP contribution in [0.15, 0.2) is 0 Å². The van der Waals surface area contributed by atoms with Gasteiger partial charge in [-0.2, -0.15) is 9.50 Å². The summed E-state index contributed by atoms with van der Waals surface area (Å²) in [4.78, 5) is 9.54. The lowest BCUT2D eigenvalue weighted by molar-refractivity contribution is 0.258. The second-order valence-electron chi connectivity index (χ2n) is 6.49. The molecule has 4 rings (SSSR count). The first-order chi connectivity index (χ1) is 12.2. The Balaban J connectivity index is 1.86. The van der Waals surface area contributed by atoms with E-state index in [0.717, 1.165) is 48.5 Å². The second-order valence-corrected chi connectivity index (χ2v) is 7.58. The molecule has 0 saturated carbocycles. The van der Waals surface area contributed by atoms with E-state index < -0.39 is 0 Å². The normalized spacial score (nSPS) is 16.4. The summed E-state index contributed by atoms with van der Waals surface area (Å²) in [5.41, 5.74) is 1.35. The maximum atomic E-state index is 9.58. The number of fused-ring (bicyclic) bond motifs is 5. The number of hydrogen-bond donors (Lipinski definition) is 2. The van der Waals surface area contributed by atoms with E-state index in [1.54, 1.807) is 15.9 Å². The maximum absolute atomic E-state index is 9.58. The van der Waals surface area contributed by atoms with Crippen LogP contribution in [0.1, 0.15) is 37.1 Å². The molecule has 25 heavy (non-hydrogen) atoms. The van der Waals surface area contributed by atoms with Gasteiger partial charge in [0.2, 0.25) is 0 Å². The first-order valence-electron chi connectivity index (χ1n) is 8.87. The predicted molar refractivity (Wildman–Crippen MR) is 98.0 cm³/mol. The molecule has 0 bridgehead atoms. The van der Waals surface area contributed by atoms with Crippen LogP contribution in [0.4, 0.5) is 5.82 Å². The van der Waals surface area contributed by atoms with Crippen molar-refractivity contribution in [2.75, 3.05) is 25.0 Å². The first kappa shape index (κ1) is 16.6. The van der Waals surface area contributed by atoms with Crippen LogP contribution in [-0.2, 0) is 13.0 Å². The summed E-state index contributed by atoms with van der Waals surface area (Å²) in [5, 5.41) is 26.0. The zero-order valence-corrected chi connectivity index (χ0v) is 15.4. The van der Waals surface area contributed by atoms with Crippen LogP contribution in [0.3, 0.4) is 0 Å². The van der Waals surface area contributed by atoms with Gasteiger partial charge in [-0.3, -0.25) is 4.90 Å². The minimum absolute atomic E-state index is 0.0234. The summed E-state index contributed by atoms with van der Waals surface area (Å²) in [6, 6.07) is -0.0234. The number of nitrogens with zero attached hydrogens (tertiary/aromatic N) is 6. The van der Waals surface area contributed by atoms with Crippen molar-refractivity contribution >= 4 is 33.1 Å². The lowest BCUT2D eigenvalue weighted by atomic mass is 10.0. The van der Waals surface area contributed by atoms with E-state index >= 15 is 0 Å². The fraction of sp³-hybridized carbons (Fsp3) is 0.625. The Bertz CT molecular complexity index is 885. The van der Waals surface area contributed by atoms with Gasteiger partial charge in [0.25, 0.3) is 5.78 Å². The number of aliphatic hydroxyl groups excluding tert-OH is 1. The van der Waals surface area contributed by atoms with Crippen LogP contribution < -0.4 is 5.32 Å². The molecule has 3 aromatic rings. The van der Waals surface area contributed by atoms with Gasteiger partial charge in [-0.25, -0.2) is 0 Å². The van der Waals surface area contributed by atoms with Crippen molar-refractivity contribution in [2.45, 2.75) is 45.7 Å². The molecule has 2 N–H and O–H groups in total. The average Bonchev–Trinajstić information content (AvgIpc) is 3.23. The van der Waals surface area contributed by atoms with Crippen molar-refractivity contribution in [1.29, 1.82) is 0 Å². The molecule has 9 heteroatoms. The van der Waals surface area contributed by atoms with Crippen molar-refractivity contribution in [3.05, 3.63) is 10.4 Å². The van der Waals surface area contributed by atoms with Gasteiger partial charge in [-0.15, -0.1) is 11.3 Å². The molecular formula is C16H23N7OS. The maximum Gasteiger partial charge on any atom is 0.276 e. The van der Waals surface area contributed by atoms with Crippen LogP contribution in [0.5, 0.6) is 0 Å². The highest BCUT2D eigenvalue weighted by molar-refractivity contribution is 7.19. The number of thiophene rings is 1. The van der Waals surface area contributed by atoms with Crippen LogP contribution in [-0.4, -0.2) is 60.8 Å². The topological polar surface area (TPSA) is 91.5 Å². The number of aromatic nitrogens is 5. The Morgan fingerprint density at radius 2 is 2.24 bits per heavy atom. The molecule has 134 valence electrons. The van der Waals surface area contributed by atoms with Gasteiger partial charge in [0.1, 0.15) is 10.6 Å². The second kappa shape index (κ2) is 6.81. The van der Waals surface area contributed by atoms with Gasteiger partial charge in [-0.1, -0.05) is 18.9 Å². The molecule has 1 aliphatic rings. The van der Waals surface area contributed by atoms with E-state index in [9.17, 15) is 5.11 Å². The molecule has 1 aliphatic heterocycles. The molecule has 0 saturated heterocycles. The molecule has 0 radical (unpaired) electrons. The fourth-order valence-electron chi connectivity index (χ4n) is 3.46. The SMILES string of the molecule is CCCN1CCc2c(sc3c2c(N[C@@H](CC)CO)nc2nnnn23)C1. The van der Waals surface area contributed by atoms with E-state index in [2.05, 4.69) is 37.6 Å². The number of tetrazole rings is 1. The van der Waals surface area contributed by atoms with Gasteiger partial charge in [0.05, 0.1) is 18.0 Å². The lowest BCUT2D eigenvalue weighted by Gasteiger charge is -2.26. The van der Waals surface area contributed by atoms with Crippen molar-refractivity contribution < 1.29 is 5.11 Å². The number of hydrogen-bond acceptors (Lipinski definition) is 8. The molecule has 1 atom stereocenters. The monoisotopic (exact) mass is 361 g/mol. The molecule has 0 aliphatic carbocycles. The van der Waals surface area contributed by atoms with E-state index in [4.69, 9.17) is 0 Å². The minimum Gasteiger partial charge on any atom is -0.394 e. The molecular weight excluding hydrogens is 338 g/mol. The fourth-order valence-corrected chi connectivity index (χ4v) is 4.79. The van der Waals surface area contributed by atoms with Crippen LogP contribution in [0, 0.1) is 0 Å². The standard InChI is InChI=1S/C16H23N7OS/c1-3-6-22-7-5-11-12(8-22)25-15-13(11)14(17-10(4-2)9-24)18-16-19-20-21-23(15)16/h10,24H,3-9H2,1-2H3,(H,17,18,19,21)/t10-/m0/s1. The van der Waals surface area contributed by atoms with Gasteiger partial charge < -0.3 is 10.4 Å². The number of rotatable bonds is 6. The summed E-state index contributed by atoms with van der Waals surface area (Å²) in [6.07, 6.45) is 3.00. The number of anilines is 1. The highest BCUT2D eigenvalue weighted by atomic mass is 32.1. The molecule has 8 nitrogen and oxygen atoms in total. The molecule has 0 spiro atoms. The van der Waals surface area contributed by atoms with Crippen LogP contribution in [0.25, 0.3) is 16.0 Å². The zero-order chi connectivity index (χ0) is 17.4. The molecule has 3 aromatic heterocycles. The number of aliphatic hydroxyl groups is 1. The van der Waals surface area contributed by atoms with E-state index in [1.165, 1.54) is 16.9 Å². The lowest BCUT2D eigenvalue weighted by Crippen LogP contribution is -2.30. The third kappa shape index (κ3) is 2.86. The van der Waals surface area contributed by atoms with Crippen molar-refractivity contribution in [3.63, 3.8) is 0 Å². The minimum atomic E-state index is -0.0234. The molecule has 0 fully saturated rings. The third-order valence-corrected chi connectivity index (χ3v) is 6.00. The summed E-state index contributed by atoms with van der Waals surface area (Å²) >= 11 is 1.76. The highest BCUT2D eigenvalue weighted by Crippen LogP contribution is 2.38. The third-order valence-electron chi connectivity index (χ3n) is 4.81. The summed E-state index contributed by atoms with van der Waals surface area (Å²) < 4.78 is 1.73. The summed E-state index contributed by atoms with van der Waals surface area (Å²) in [7, 11) is 0. The van der Waals surface area contributed by atoms with E-state index in [-0.39, 0.29) is 12.6 Å².